The van der Waals surface area contributed by atoms with Crippen molar-refractivity contribution < 1.29 is 14.3 Å². The Morgan fingerprint density at radius 2 is 1.89 bits per heavy atom. The summed E-state index contributed by atoms with van der Waals surface area (Å²) in [4.78, 5) is 24.9. The van der Waals surface area contributed by atoms with E-state index in [4.69, 9.17) is 16.3 Å². The van der Waals surface area contributed by atoms with Gasteiger partial charge < -0.3 is 4.74 Å². The van der Waals surface area contributed by atoms with Gasteiger partial charge >= 0.3 is 5.97 Å². The third-order valence-corrected chi connectivity index (χ3v) is 2.84. The number of carbonyl (C=O) groups is 2. The second kappa shape index (κ2) is 7.92. The van der Waals surface area contributed by atoms with Crippen LogP contribution in [0.5, 0.6) is 0 Å². The molecule has 104 valence electrons. The lowest BCUT2D eigenvalue weighted by Crippen LogP contribution is -2.29. The van der Waals surface area contributed by atoms with Crippen LogP contribution in [-0.2, 0) is 9.53 Å². The van der Waals surface area contributed by atoms with Crippen molar-refractivity contribution in [1.29, 1.82) is 0 Å². The Labute approximate surface area is 118 Å². The van der Waals surface area contributed by atoms with Gasteiger partial charge in [-0.1, -0.05) is 11.6 Å². The second-order valence-corrected chi connectivity index (χ2v) is 4.66. The van der Waals surface area contributed by atoms with Crippen molar-refractivity contribution >= 4 is 23.4 Å². The summed E-state index contributed by atoms with van der Waals surface area (Å²) in [6.45, 7) is 2.85. The maximum atomic E-state index is 11.9. The summed E-state index contributed by atoms with van der Waals surface area (Å²) in [6, 6.07) is 6.79. The molecule has 0 atom stereocenters. The largest absolute Gasteiger partial charge is 0.465 e. The summed E-state index contributed by atoms with van der Waals surface area (Å²) in [7, 11) is 1.78. The van der Waals surface area contributed by atoms with Gasteiger partial charge in [-0.25, -0.2) is 0 Å². The minimum Gasteiger partial charge on any atom is -0.465 e. The lowest BCUT2D eigenvalue weighted by molar-refractivity contribution is -0.144. The fourth-order valence-corrected chi connectivity index (χ4v) is 1.70. The smallest absolute Gasteiger partial charge is 0.320 e. The summed E-state index contributed by atoms with van der Waals surface area (Å²) >= 11 is 5.76. The zero-order chi connectivity index (χ0) is 14.3. The Bertz CT molecular complexity index is 431. The van der Waals surface area contributed by atoms with Crippen LogP contribution in [0.2, 0.25) is 5.02 Å². The molecule has 5 heteroatoms. The zero-order valence-electron chi connectivity index (χ0n) is 11.2. The molecule has 0 saturated heterocycles. The summed E-state index contributed by atoms with van der Waals surface area (Å²) in [5, 5.41) is 0.607. The molecule has 1 aromatic rings. The van der Waals surface area contributed by atoms with Gasteiger partial charge in [-0.3, -0.25) is 14.5 Å². The maximum Gasteiger partial charge on any atom is 0.320 e. The molecule has 0 saturated carbocycles. The molecule has 0 N–H and O–H groups in total. The lowest BCUT2D eigenvalue weighted by Gasteiger charge is -2.14. The Hall–Kier alpha value is -1.39. The SMILES string of the molecule is CCOC(=O)CN(C)CCC(=O)c1ccc(Cl)cc1. The summed E-state index contributed by atoms with van der Waals surface area (Å²) < 4.78 is 4.84. The summed E-state index contributed by atoms with van der Waals surface area (Å²) in [5.41, 5.74) is 0.633. The molecule has 0 aliphatic carbocycles. The van der Waals surface area contributed by atoms with Crippen LogP contribution in [-0.4, -0.2) is 43.4 Å². The summed E-state index contributed by atoms with van der Waals surface area (Å²) in [6.07, 6.45) is 0.359. The van der Waals surface area contributed by atoms with Crippen molar-refractivity contribution in [2.45, 2.75) is 13.3 Å². The monoisotopic (exact) mass is 283 g/mol. The van der Waals surface area contributed by atoms with E-state index in [0.29, 0.717) is 30.2 Å². The van der Waals surface area contributed by atoms with E-state index >= 15 is 0 Å². The number of ether oxygens (including phenoxy) is 1. The topological polar surface area (TPSA) is 46.6 Å². The first-order valence-corrected chi connectivity index (χ1v) is 6.53. The number of carbonyl (C=O) groups excluding carboxylic acids is 2. The average Bonchev–Trinajstić information content (AvgIpc) is 2.37. The van der Waals surface area contributed by atoms with E-state index in [0.717, 1.165) is 0 Å². The van der Waals surface area contributed by atoms with Crippen LogP contribution in [0.15, 0.2) is 24.3 Å². The van der Waals surface area contributed by atoms with Crippen molar-refractivity contribution in [3.8, 4) is 0 Å². The van der Waals surface area contributed by atoms with E-state index in [2.05, 4.69) is 0 Å². The molecular formula is C14H18ClNO3. The molecule has 1 aromatic carbocycles. The minimum atomic E-state index is -0.274. The zero-order valence-corrected chi connectivity index (χ0v) is 11.9. The standard InChI is InChI=1S/C14H18ClNO3/c1-3-19-14(18)10-16(2)9-8-13(17)11-4-6-12(15)7-5-11/h4-7H,3,8-10H2,1-2H3. The molecule has 0 spiro atoms. The number of esters is 1. The van der Waals surface area contributed by atoms with E-state index < -0.39 is 0 Å². The van der Waals surface area contributed by atoms with Crippen LogP contribution < -0.4 is 0 Å². The van der Waals surface area contributed by atoms with Crippen LogP contribution in [0, 0.1) is 0 Å². The van der Waals surface area contributed by atoms with E-state index in [-0.39, 0.29) is 18.3 Å². The Morgan fingerprint density at radius 3 is 2.47 bits per heavy atom. The predicted molar refractivity (Wildman–Crippen MR) is 74.5 cm³/mol. The molecule has 0 aliphatic rings. The Kier molecular flexibility index (Phi) is 6.53. The molecular weight excluding hydrogens is 266 g/mol. The van der Waals surface area contributed by atoms with E-state index in [1.54, 1.807) is 43.1 Å². The molecule has 0 heterocycles. The fraction of sp³-hybridized carbons (Fsp3) is 0.429. The predicted octanol–water partition coefficient (Wildman–Crippen LogP) is 2.41. The quantitative estimate of drug-likeness (QED) is 0.569. The van der Waals surface area contributed by atoms with Gasteiger partial charge in [0, 0.05) is 23.6 Å². The number of benzene rings is 1. The van der Waals surface area contributed by atoms with Gasteiger partial charge in [0.05, 0.1) is 13.2 Å². The minimum absolute atomic E-state index is 0.0346. The second-order valence-electron chi connectivity index (χ2n) is 4.22. The molecule has 19 heavy (non-hydrogen) atoms. The third kappa shape index (κ3) is 5.85. The van der Waals surface area contributed by atoms with Crippen molar-refractivity contribution in [3.05, 3.63) is 34.9 Å². The van der Waals surface area contributed by atoms with E-state index in [9.17, 15) is 9.59 Å². The van der Waals surface area contributed by atoms with Crippen LogP contribution in [0.3, 0.4) is 0 Å². The van der Waals surface area contributed by atoms with Crippen molar-refractivity contribution in [2.24, 2.45) is 0 Å². The molecule has 0 unspecified atom stereocenters. The molecule has 0 aliphatic heterocycles. The van der Waals surface area contributed by atoms with Crippen molar-refractivity contribution in [3.63, 3.8) is 0 Å². The molecule has 4 nitrogen and oxygen atoms in total. The molecule has 0 amide bonds. The number of likely N-dealkylation sites (N-methyl/N-ethyl adjacent to an activating group) is 1. The van der Waals surface area contributed by atoms with Crippen molar-refractivity contribution in [2.75, 3.05) is 26.7 Å². The number of nitrogens with zero attached hydrogens (tertiary/aromatic N) is 1. The number of halogens is 1. The molecule has 0 bridgehead atoms. The van der Waals surface area contributed by atoms with E-state index in [1.165, 1.54) is 0 Å². The lowest BCUT2D eigenvalue weighted by atomic mass is 10.1. The normalized spacial score (nSPS) is 10.5. The van der Waals surface area contributed by atoms with Gasteiger partial charge in [-0.15, -0.1) is 0 Å². The van der Waals surface area contributed by atoms with Crippen LogP contribution in [0.1, 0.15) is 23.7 Å². The van der Waals surface area contributed by atoms with Crippen LogP contribution in [0.25, 0.3) is 0 Å². The van der Waals surface area contributed by atoms with Gasteiger partial charge in [0.25, 0.3) is 0 Å². The highest BCUT2D eigenvalue weighted by atomic mass is 35.5. The first kappa shape index (κ1) is 15.7. The van der Waals surface area contributed by atoms with Gasteiger partial charge in [0.1, 0.15) is 0 Å². The number of Topliss-reactive ketones (excluding diaryl/α,β-unsaturated/α-hetero) is 1. The number of ketones is 1. The Morgan fingerprint density at radius 1 is 1.26 bits per heavy atom. The average molecular weight is 284 g/mol. The van der Waals surface area contributed by atoms with Gasteiger partial charge in [-0.05, 0) is 38.2 Å². The highest BCUT2D eigenvalue weighted by Gasteiger charge is 2.10. The van der Waals surface area contributed by atoms with Crippen LogP contribution >= 0.6 is 11.6 Å². The Balaban J connectivity index is 2.37. The van der Waals surface area contributed by atoms with E-state index in [1.807, 2.05) is 0 Å². The molecule has 0 aromatic heterocycles. The highest BCUT2D eigenvalue weighted by Crippen LogP contribution is 2.11. The first-order valence-electron chi connectivity index (χ1n) is 6.16. The summed E-state index contributed by atoms with van der Waals surface area (Å²) in [5.74, 6) is -0.240. The fourth-order valence-electron chi connectivity index (χ4n) is 1.58. The third-order valence-electron chi connectivity index (χ3n) is 2.59. The molecule has 1 rings (SSSR count). The van der Waals surface area contributed by atoms with Crippen LogP contribution in [0.4, 0.5) is 0 Å². The molecule has 0 fully saturated rings. The van der Waals surface area contributed by atoms with Gasteiger partial charge in [0.2, 0.25) is 0 Å². The van der Waals surface area contributed by atoms with Gasteiger partial charge in [-0.2, -0.15) is 0 Å². The number of hydrogen-bond acceptors (Lipinski definition) is 4. The van der Waals surface area contributed by atoms with Gasteiger partial charge in [0.15, 0.2) is 5.78 Å². The number of rotatable bonds is 7. The van der Waals surface area contributed by atoms with Crippen molar-refractivity contribution in [1.82, 2.24) is 4.90 Å². The molecule has 0 radical (unpaired) electrons. The first-order chi connectivity index (χ1) is 9.02. The maximum absolute atomic E-state index is 11.9. The highest BCUT2D eigenvalue weighted by molar-refractivity contribution is 6.30. The number of hydrogen-bond donors (Lipinski definition) is 0.